The smallest absolute Gasteiger partial charge is 0.311 e. The second kappa shape index (κ2) is 4.43. The minimum Gasteiger partial charge on any atom is -0.469 e. The first-order valence-electron chi connectivity index (χ1n) is 4.95. The summed E-state index contributed by atoms with van der Waals surface area (Å²) in [5.74, 6) is -0.258. The molecule has 0 atom stereocenters. The zero-order valence-corrected chi connectivity index (χ0v) is 9.70. The number of methoxy groups -OCH3 is 1. The summed E-state index contributed by atoms with van der Waals surface area (Å²) < 4.78 is 4.57. The Morgan fingerprint density at radius 3 is 2.47 bits per heavy atom. The summed E-state index contributed by atoms with van der Waals surface area (Å²) in [6.07, 6.45) is 2.05. The van der Waals surface area contributed by atoms with E-state index >= 15 is 0 Å². The predicted octanol–water partition coefficient (Wildman–Crippen LogP) is 2.09. The van der Waals surface area contributed by atoms with Gasteiger partial charge in [0.2, 0.25) is 0 Å². The van der Waals surface area contributed by atoms with Crippen LogP contribution in [-0.2, 0) is 21.4 Å². The number of aromatic nitrogens is 1. The summed E-state index contributed by atoms with van der Waals surface area (Å²) in [4.78, 5) is 15.2. The van der Waals surface area contributed by atoms with Crippen LogP contribution in [0.5, 0.6) is 0 Å². The minimum absolute atomic E-state index is 0.0940. The third-order valence-corrected chi connectivity index (χ3v) is 2.24. The number of hydrogen-bond donors (Lipinski definition) is 0. The van der Waals surface area contributed by atoms with Crippen LogP contribution in [0.2, 0.25) is 0 Å². The SMILES string of the molecule is COC(=O)Cc1ccc(C(C)(C)C)cn1. The Morgan fingerprint density at radius 1 is 1.40 bits per heavy atom. The number of carbonyl (C=O) groups excluding carboxylic acids is 1. The van der Waals surface area contributed by atoms with Gasteiger partial charge < -0.3 is 4.74 Å². The molecule has 0 bridgehead atoms. The summed E-state index contributed by atoms with van der Waals surface area (Å²) in [6, 6.07) is 3.88. The Hall–Kier alpha value is -1.38. The van der Waals surface area contributed by atoms with Gasteiger partial charge in [-0.05, 0) is 17.0 Å². The van der Waals surface area contributed by atoms with Crippen molar-refractivity contribution in [3.05, 3.63) is 29.6 Å². The second-order valence-corrected chi connectivity index (χ2v) is 4.54. The number of carbonyl (C=O) groups is 1. The number of rotatable bonds is 2. The molecule has 0 N–H and O–H groups in total. The highest BCUT2D eigenvalue weighted by atomic mass is 16.5. The number of pyridine rings is 1. The van der Waals surface area contributed by atoms with E-state index in [4.69, 9.17) is 0 Å². The van der Waals surface area contributed by atoms with E-state index in [1.165, 1.54) is 7.11 Å². The average Bonchev–Trinajstić information content (AvgIpc) is 2.17. The second-order valence-electron chi connectivity index (χ2n) is 4.54. The standard InChI is InChI=1S/C12H17NO2/c1-12(2,3)9-5-6-10(13-8-9)7-11(14)15-4/h5-6,8H,7H2,1-4H3. The third kappa shape index (κ3) is 3.35. The molecule has 1 rings (SSSR count). The van der Waals surface area contributed by atoms with E-state index in [0.29, 0.717) is 0 Å². The fraction of sp³-hybridized carbons (Fsp3) is 0.500. The molecule has 0 aliphatic carbocycles. The molecule has 0 amide bonds. The van der Waals surface area contributed by atoms with Crippen LogP contribution < -0.4 is 0 Å². The molecule has 0 spiro atoms. The van der Waals surface area contributed by atoms with E-state index in [-0.39, 0.29) is 17.8 Å². The molecule has 82 valence electrons. The van der Waals surface area contributed by atoms with Gasteiger partial charge in [-0.2, -0.15) is 0 Å². The topological polar surface area (TPSA) is 39.2 Å². The molecule has 0 unspecified atom stereocenters. The molecular weight excluding hydrogens is 190 g/mol. The average molecular weight is 207 g/mol. The van der Waals surface area contributed by atoms with Crippen molar-refractivity contribution in [2.45, 2.75) is 32.6 Å². The molecule has 1 aromatic heterocycles. The lowest BCUT2D eigenvalue weighted by Crippen LogP contribution is -2.12. The van der Waals surface area contributed by atoms with Gasteiger partial charge in [-0.1, -0.05) is 26.8 Å². The molecule has 0 aliphatic heterocycles. The van der Waals surface area contributed by atoms with Gasteiger partial charge in [0, 0.05) is 6.20 Å². The van der Waals surface area contributed by atoms with Crippen LogP contribution >= 0.6 is 0 Å². The summed E-state index contributed by atoms with van der Waals surface area (Å²) in [5.41, 5.74) is 2.00. The monoisotopic (exact) mass is 207 g/mol. The van der Waals surface area contributed by atoms with Crippen LogP contribution in [0.25, 0.3) is 0 Å². The van der Waals surface area contributed by atoms with E-state index in [0.717, 1.165) is 11.3 Å². The van der Waals surface area contributed by atoms with E-state index in [9.17, 15) is 4.79 Å². The van der Waals surface area contributed by atoms with Gasteiger partial charge in [0.05, 0.1) is 19.2 Å². The van der Waals surface area contributed by atoms with Gasteiger partial charge >= 0.3 is 5.97 Å². The summed E-state index contributed by atoms with van der Waals surface area (Å²) in [7, 11) is 1.38. The summed E-state index contributed by atoms with van der Waals surface area (Å²) >= 11 is 0. The normalized spacial score (nSPS) is 11.2. The van der Waals surface area contributed by atoms with E-state index in [1.54, 1.807) is 0 Å². The van der Waals surface area contributed by atoms with Crippen LogP contribution in [0.4, 0.5) is 0 Å². The third-order valence-electron chi connectivity index (χ3n) is 2.24. The molecule has 0 radical (unpaired) electrons. The molecular formula is C12H17NO2. The zero-order chi connectivity index (χ0) is 11.5. The molecule has 0 saturated heterocycles. The zero-order valence-electron chi connectivity index (χ0n) is 9.70. The molecule has 0 saturated carbocycles. The van der Waals surface area contributed by atoms with Crippen molar-refractivity contribution < 1.29 is 9.53 Å². The Labute approximate surface area is 90.5 Å². The van der Waals surface area contributed by atoms with Crippen molar-refractivity contribution in [1.29, 1.82) is 0 Å². The van der Waals surface area contributed by atoms with Gasteiger partial charge in [0.1, 0.15) is 0 Å². The fourth-order valence-electron chi connectivity index (χ4n) is 1.19. The van der Waals surface area contributed by atoms with Crippen molar-refractivity contribution >= 4 is 5.97 Å². The van der Waals surface area contributed by atoms with Crippen molar-refractivity contribution in [2.24, 2.45) is 0 Å². The van der Waals surface area contributed by atoms with Gasteiger partial charge in [-0.25, -0.2) is 0 Å². The highest BCUT2D eigenvalue weighted by Gasteiger charge is 2.14. The summed E-state index contributed by atoms with van der Waals surface area (Å²) in [5, 5.41) is 0. The van der Waals surface area contributed by atoms with Crippen LogP contribution in [0.1, 0.15) is 32.0 Å². The maximum atomic E-state index is 11.0. The Morgan fingerprint density at radius 2 is 2.07 bits per heavy atom. The molecule has 1 heterocycles. The van der Waals surface area contributed by atoms with E-state index in [2.05, 4.69) is 30.5 Å². The van der Waals surface area contributed by atoms with Crippen LogP contribution in [-0.4, -0.2) is 18.1 Å². The van der Waals surface area contributed by atoms with Crippen molar-refractivity contribution in [2.75, 3.05) is 7.11 Å². The Balaban J connectivity index is 2.77. The quantitative estimate of drug-likeness (QED) is 0.697. The molecule has 0 fully saturated rings. The van der Waals surface area contributed by atoms with Gasteiger partial charge in [0.15, 0.2) is 0 Å². The van der Waals surface area contributed by atoms with E-state index in [1.807, 2.05) is 18.3 Å². The van der Waals surface area contributed by atoms with Gasteiger partial charge in [-0.15, -0.1) is 0 Å². The first kappa shape index (κ1) is 11.7. The maximum Gasteiger partial charge on any atom is 0.311 e. The summed E-state index contributed by atoms with van der Waals surface area (Å²) in [6.45, 7) is 6.39. The molecule has 1 aromatic rings. The number of hydrogen-bond acceptors (Lipinski definition) is 3. The molecule has 0 aromatic carbocycles. The lowest BCUT2D eigenvalue weighted by Gasteiger charge is -2.18. The van der Waals surface area contributed by atoms with Crippen molar-refractivity contribution in [3.63, 3.8) is 0 Å². The van der Waals surface area contributed by atoms with E-state index < -0.39 is 0 Å². The van der Waals surface area contributed by atoms with Crippen LogP contribution in [0.15, 0.2) is 18.3 Å². The fourth-order valence-corrected chi connectivity index (χ4v) is 1.19. The predicted molar refractivity (Wildman–Crippen MR) is 58.7 cm³/mol. The first-order chi connectivity index (χ1) is 6.93. The Kier molecular flexibility index (Phi) is 3.45. The first-order valence-corrected chi connectivity index (χ1v) is 4.95. The van der Waals surface area contributed by atoms with Crippen molar-refractivity contribution in [3.8, 4) is 0 Å². The molecule has 3 nitrogen and oxygen atoms in total. The lowest BCUT2D eigenvalue weighted by molar-refractivity contribution is -0.139. The molecule has 0 aliphatic rings. The Bertz CT molecular complexity index is 336. The number of nitrogens with zero attached hydrogens (tertiary/aromatic N) is 1. The number of ether oxygens (including phenoxy) is 1. The molecule has 3 heteroatoms. The van der Waals surface area contributed by atoms with Crippen molar-refractivity contribution in [1.82, 2.24) is 4.98 Å². The van der Waals surface area contributed by atoms with Gasteiger partial charge in [-0.3, -0.25) is 9.78 Å². The molecule has 15 heavy (non-hydrogen) atoms. The maximum absolute atomic E-state index is 11.0. The van der Waals surface area contributed by atoms with Crippen LogP contribution in [0.3, 0.4) is 0 Å². The van der Waals surface area contributed by atoms with Crippen LogP contribution in [0, 0.1) is 0 Å². The largest absolute Gasteiger partial charge is 0.469 e. The minimum atomic E-state index is -0.258. The highest BCUT2D eigenvalue weighted by molar-refractivity contribution is 5.71. The number of esters is 1. The highest BCUT2D eigenvalue weighted by Crippen LogP contribution is 2.20. The van der Waals surface area contributed by atoms with Gasteiger partial charge in [0.25, 0.3) is 0 Å². The lowest BCUT2D eigenvalue weighted by atomic mass is 9.88.